The van der Waals surface area contributed by atoms with E-state index in [1.807, 2.05) is 56.3 Å². The monoisotopic (exact) mass is 326 g/mol. The van der Waals surface area contributed by atoms with E-state index in [0.29, 0.717) is 12.3 Å². The van der Waals surface area contributed by atoms with Crippen molar-refractivity contribution in [1.82, 2.24) is 5.32 Å². The van der Waals surface area contributed by atoms with Crippen LogP contribution in [0.2, 0.25) is 0 Å². The van der Waals surface area contributed by atoms with Gasteiger partial charge in [-0.15, -0.1) is 0 Å². The van der Waals surface area contributed by atoms with E-state index < -0.39 is 11.8 Å². The fraction of sp³-hybridized carbons (Fsp3) is 0.263. The highest BCUT2D eigenvalue weighted by Crippen LogP contribution is 2.15. The van der Waals surface area contributed by atoms with Crippen LogP contribution in [0.25, 0.3) is 0 Å². The lowest BCUT2D eigenvalue weighted by atomic mass is 10.1. The van der Waals surface area contributed by atoms with Gasteiger partial charge in [-0.25, -0.2) is 0 Å². The summed E-state index contributed by atoms with van der Waals surface area (Å²) in [7, 11) is 0. The van der Waals surface area contributed by atoms with Crippen molar-refractivity contribution >= 4 is 17.5 Å². The van der Waals surface area contributed by atoms with Gasteiger partial charge in [-0.05, 0) is 42.7 Å². The molecule has 0 aliphatic rings. The van der Waals surface area contributed by atoms with Crippen molar-refractivity contribution < 1.29 is 14.3 Å². The summed E-state index contributed by atoms with van der Waals surface area (Å²) in [6, 6.07) is 14.8. The van der Waals surface area contributed by atoms with Crippen LogP contribution in [0.5, 0.6) is 5.75 Å². The van der Waals surface area contributed by atoms with E-state index in [-0.39, 0.29) is 6.54 Å². The standard InChI is InChI=1S/C19H22N2O3/c1-3-15-7-5-6-8-17(15)21-19(23)18(22)20-13-14-9-11-16(12-10-14)24-4-2/h5-12H,3-4,13H2,1-2H3,(H,20,22)(H,21,23). The van der Waals surface area contributed by atoms with Gasteiger partial charge in [0.1, 0.15) is 5.75 Å². The predicted molar refractivity (Wildman–Crippen MR) is 93.9 cm³/mol. The Morgan fingerprint density at radius 2 is 1.67 bits per heavy atom. The third kappa shape index (κ3) is 4.84. The van der Waals surface area contributed by atoms with Crippen LogP contribution >= 0.6 is 0 Å². The van der Waals surface area contributed by atoms with Gasteiger partial charge in [0.2, 0.25) is 0 Å². The van der Waals surface area contributed by atoms with Crippen molar-refractivity contribution in [2.45, 2.75) is 26.8 Å². The normalized spacial score (nSPS) is 10.1. The molecule has 0 aliphatic heterocycles. The Bertz CT molecular complexity index is 696. The number of anilines is 1. The van der Waals surface area contributed by atoms with Gasteiger partial charge in [-0.1, -0.05) is 37.3 Å². The van der Waals surface area contributed by atoms with Gasteiger partial charge in [0, 0.05) is 12.2 Å². The van der Waals surface area contributed by atoms with Gasteiger partial charge in [0.15, 0.2) is 0 Å². The van der Waals surface area contributed by atoms with Gasteiger partial charge in [-0.3, -0.25) is 9.59 Å². The van der Waals surface area contributed by atoms with Crippen LogP contribution in [0, 0.1) is 0 Å². The summed E-state index contributed by atoms with van der Waals surface area (Å²) in [5.41, 5.74) is 2.56. The van der Waals surface area contributed by atoms with Gasteiger partial charge >= 0.3 is 11.8 Å². The van der Waals surface area contributed by atoms with Gasteiger partial charge in [0.25, 0.3) is 0 Å². The molecule has 0 bridgehead atoms. The van der Waals surface area contributed by atoms with Crippen LogP contribution in [0.15, 0.2) is 48.5 Å². The first-order chi connectivity index (χ1) is 11.6. The minimum absolute atomic E-state index is 0.286. The first-order valence-corrected chi connectivity index (χ1v) is 8.02. The summed E-state index contributed by atoms with van der Waals surface area (Å²) < 4.78 is 5.36. The van der Waals surface area contributed by atoms with Gasteiger partial charge < -0.3 is 15.4 Å². The number of carbonyl (C=O) groups is 2. The Hall–Kier alpha value is -2.82. The Balaban J connectivity index is 1.88. The van der Waals surface area contributed by atoms with Gasteiger partial charge in [-0.2, -0.15) is 0 Å². The zero-order valence-corrected chi connectivity index (χ0v) is 14.0. The third-order valence-corrected chi connectivity index (χ3v) is 3.54. The van der Waals surface area contributed by atoms with E-state index in [0.717, 1.165) is 23.3 Å². The highest BCUT2D eigenvalue weighted by atomic mass is 16.5. The number of para-hydroxylation sites is 1. The Morgan fingerprint density at radius 1 is 0.958 bits per heavy atom. The number of amides is 2. The number of rotatable bonds is 6. The van der Waals surface area contributed by atoms with E-state index in [1.54, 1.807) is 6.07 Å². The highest BCUT2D eigenvalue weighted by molar-refractivity contribution is 6.39. The molecule has 2 N–H and O–H groups in total. The van der Waals surface area contributed by atoms with Crippen LogP contribution in [-0.4, -0.2) is 18.4 Å². The number of nitrogens with one attached hydrogen (secondary N) is 2. The van der Waals surface area contributed by atoms with Crippen molar-refractivity contribution in [3.63, 3.8) is 0 Å². The third-order valence-electron chi connectivity index (χ3n) is 3.54. The molecule has 0 saturated heterocycles. The van der Waals surface area contributed by atoms with Gasteiger partial charge in [0.05, 0.1) is 6.61 Å². The molecule has 2 aromatic rings. The SMILES string of the molecule is CCOc1ccc(CNC(=O)C(=O)Nc2ccccc2CC)cc1. The first-order valence-electron chi connectivity index (χ1n) is 8.02. The van der Waals surface area contributed by atoms with E-state index in [9.17, 15) is 9.59 Å². The second-order valence-corrected chi connectivity index (χ2v) is 5.22. The topological polar surface area (TPSA) is 67.4 Å². The Kier molecular flexibility index (Phi) is 6.37. The maximum Gasteiger partial charge on any atom is 0.313 e. The molecule has 5 heteroatoms. The fourth-order valence-corrected chi connectivity index (χ4v) is 2.26. The van der Waals surface area contributed by atoms with Crippen LogP contribution in [0.3, 0.4) is 0 Å². The average molecular weight is 326 g/mol. The lowest BCUT2D eigenvalue weighted by Crippen LogP contribution is -2.35. The zero-order chi connectivity index (χ0) is 17.4. The lowest BCUT2D eigenvalue weighted by Gasteiger charge is -2.10. The number of hydrogen-bond donors (Lipinski definition) is 2. The molecule has 2 amide bonds. The molecule has 126 valence electrons. The number of aryl methyl sites for hydroxylation is 1. The average Bonchev–Trinajstić information content (AvgIpc) is 2.61. The maximum absolute atomic E-state index is 12.0. The molecule has 24 heavy (non-hydrogen) atoms. The summed E-state index contributed by atoms with van der Waals surface area (Å²) in [4.78, 5) is 23.9. The predicted octanol–water partition coefficient (Wildman–Crippen LogP) is 2.90. The summed E-state index contributed by atoms with van der Waals surface area (Å²) in [6.45, 7) is 4.81. The van der Waals surface area contributed by atoms with Crippen LogP contribution in [-0.2, 0) is 22.6 Å². The molecule has 0 spiro atoms. The molecular formula is C19H22N2O3. The van der Waals surface area contributed by atoms with Crippen LogP contribution in [0.4, 0.5) is 5.69 Å². The summed E-state index contributed by atoms with van der Waals surface area (Å²) in [6.07, 6.45) is 0.782. The number of benzene rings is 2. The Morgan fingerprint density at radius 3 is 2.33 bits per heavy atom. The zero-order valence-electron chi connectivity index (χ0n) is 14.0. The van der Waals surface area contributed by atoms with Crippen molar-refractivity contribution in [3.05, 3.63) is 59.7 Å². The molecule has 0 radical (unpaired) electrons. The van der Waals surface area contributed by atoms with E-state index in [4.69, 9.17) is 4.74 Å². The second kappa shape index (κ2) is 8.72. The molecular weight excluding hydrogens is 304 g/mol. The van der Waals surface area contributed by atoms with E-state index in [1.165, 1.54) is 0 Å². The molecule has 0 aliphatic carbocycles. The highest BCUT2D eigenvalue weighted by Gasteiger charge is 2.14. The quantitative estimate of drug-likeness (QED) is 0.802. The molecule has 0 unspecified atom stereocenters. The number of hydrogen-bond acceptors (Lipinski definition) is 3. The fourth-order valence-electron chi connectivity index (χ4n) is 2.26. The number of ether oxygens (including phenoxy) is 1. The van der Waals surface area contributed by atoms with Crippen molar-refractivity contribution in [3.8, 4) is 5.75 Å². The summed E-state index contributed by atoms with van der Waals surface area (Å²) >= 11 is 0. The smallest absolute Gasteiger partial charge is 0.313 e. The van der Waals surface area contributed by atoms with Crippen molar-refractivity contribution in [2.24, 2.45) is 0 Å². The molecule has 2 aromatic carbocycles. The number of carbonyl (C=O) groups excluding carboxylic acids is 2. The summed E-state index contributed by atoms with van der Waals surface area (Å²) in [5.74, 6) is -0.543. The lowest BCUT2D eigenvalue weighted by molar-refractivity contribution is -0.136. The first kappa shape index (κ1) is 17.5. The van der Waals surface area contributed by atoms with E-state index in [2.05, 4.69) is 10.6 Å². The maximum atomic E-state index is 12.0. The van der Waals surface area contributed by atoms with Crippen LogP contribution < -0.4 is 15.4 Å². The molecule has 0 atom stereocenters. The summed E-state index contributed by atoms with van der Waals surface area (Å²) in [5, 5.41) is 5.27. The molecule has 0 heterocycles. The molecule has 5 nitrogen and oxygen atoms in total. The van der Waals surface area contributed by atoms with Crippen molar-refractivity contribution in [2.75, 3.05) is 11.9 Å². The van der Waals surface area contributed by atoms with Crippen LogP contribution in [0.1, 0.15) is 25.0 Å². The molecule has 0 fully saturated rings. The van der Waals surface area contributed by atoms with Crippen molar-refractivity contribution in [1.29, 1.82) is 0 Å². The largest absolute Gasteiger partial charge is 0.494 e. The Labute approximate surface area is 142 Å². The second-order valence-electron chi connectivity index (χ2n) is 5.22. The molecule has 2 rings (SSSR count). The molecule has 0 saturated carbocycles. The minimum atomic E-state index is -0.665. The van der Waals surface area contributed by atoms with E-state index >= 15 is 0 Å². The minimum Gasteiger partial charge on any atom is -0.494 e. The molecule has 0 aromatic heterocycles.